The highest BCUT2D eigenvalue weighted by molar-refractivity contribution is 6.10. The molecule has 0 aliphatic carbocycles. The number of rotatable bonds is 3. The van der Waals surface area contributed by atoms with Crippen molar-refractivity contribution in [2.24, 2.45) is 5.92 Å². The van der Waals surface area contributed by atoms with Crippen LogP contribution >= 0.6 is 0 Å². The highest BCUT2D eigenvalue weighted by atomic mass is 16.5. The average Bonchev–Trinajstić information content (AvgIpc) is 2.93. The van der Waals surface area contributed by atoms with Crippen molar-refractivity contribution in [3.05, 3.63) is 17.9 Å². The summed E-state index contributed by atoms with van der Waals surface area (Å²) < 4.78 is 22.4. The maximum absolute atomic E-state index is 12.6. The summed E-state index contributed by atoms with van der Waals surface area (Å²) >= 11 is 0. The van der Waals surface area contributed by atoms with Crippen molar-refractivity contribution < 1.29 is 23.4 Å². The second kappa shape index (κ2) is 4.98. The number of furan rings is 1. The van der Waals surface area contributed by atoms with Gasteiger partial charge in [-0.05, 0) is 12.0 Å². The predicted octanol–water partition coefficient (Wildman–Crippen LogP) is 3.44. The van der Waals surface area contributed by atoms with E-state index < -0.39 is 0 Å². The normalized spacial score (nSPS) is 17.8. The highest BCUT2D eigenvalue weighted by Crippen LogP contribution is 2.49. The van der Waals surface area contributed by atoms with E-state index in [1.54, 1.807) is 12.3 Å². The van der Waals surface area contributed by atoms with E-state index in [0.29, 0.717) is 40.2 Å². The fourth-order valence-electron chi connectivity index (χ4n) is 2.73. The topological polar surface area (TPSA) is 57.9 Å². The van der Waals surface area contributed by atoms with E-state index in [2.05, 4.69) is 0 Å². The van der Waals surface area contributed by atoms with Crippen LogP contribution in [0.5, 0.6) is 17.2 Å². The van der Waals surface area contributed by atoms with Crippen molar-refractivity contribution in [2.75, 3.05) is 14.2 Å². The summed E-state index contributed by atoms with van der Waals surface area (Å²) in [7, 11) is 3.08. The first-order valence-corrected chi connectivity index (χ1v) is 6.93. The van der Waals surface area contributed by atoms with Crippen molar-refractivity contribution in [1.29, 1.82) is 0 Å². The van der Waals surface area contributed by atoms with Crippen LogP contribution in [-0.4, -0.2) is 26.1 Å². The van der Waals surface area contributed by atoms with Gasteiger partial charge in [0.1, 0.15) is 17.4 Å². The summed E-state index contributed by atoms with van der Waals surface area (Å²) in [5, 5.41) is 0.716. The van der Waals surface area contributed by atoms with E-state index in [4.69, 9.17) is 18.6 Å². The summed E-state index contributed by atoms with van der Waals surface area (Å²) in [4.78, 5) is 12.6. The molecule has 1 aliphatic rings. The average molecular weight is 290 g/mol. The molecular formula is C16H18O5. The van der Waals surface area contributed by atoms with Gasteiger partial charge >= 0.3 is 0 Å². The number of carbonyl (C=O) groups is 1. The van der Waals surface area contributed by atoms with Crippen molar-refractivity contribution >= 4 is 16.8 Å². The molecule has 0 amide bonds. The zero-order valence-electron chi connectivity index (χ0n) is 12.6. The summed E-state index contributed by atoms with van der Waals surface area (Å²) in [6.07, 6.45) is 1.72. The number of methoxy groups -OCH3 is 2. The maximum atomic E-state index is 12.6. The lowest BCUT2D eigenvalue weighted by Gasteiger charge is -2.30. The molecule has 1 aliphatic heterocycles. The Morgan fingerprint density at radius 2 is 1.95 bits per heavy atom. The molecule has 1 aromatic heterocycles. The van der Waals surface area contributed by atoms with E-state index in [-0.39, 0.29) is 17.8 Å². The number of ether oxygens (including phenoxy) is 3. The monoisotopic (exact) mass is 290 g/mol. The quantitative estimate of drug-likeness (QED) is 0.866. The Kier molecular flexibility index (Phi) is 3.27. The molecule has 0 radical (unpaired) electrons. The van der Waals surface area contributed by atoms with Gasteiger partial charge in [-0.3, -0.25) is 4.79 Å². The molecule has 2 aromatic rings. The molecule has 21 heavy (non-hydrogen) atoms. The number of hydrogen-bond acceptors (Lipinski definition) is 5. The van der Waals surface area contributed by atoms with Gasteiger partial charge in [0.15, 0.2) is 17.1 Å². The largest absolute Gasteiger partial charge is 0.495 e. The fraction of sp³-hybridized carbons (Fsp3) is 0.438. The molecule has 0 saturated heterocycles. The van der Waals surface area contributed by atoms with Gasteiger partial charge in [-0.2, -0.15) is 0 Å². The van der Waals surface area contributed by atoms with Gasteiger partial charge < -0.3 is 18.6 Å². The van der Waals surface area contributed by atoms with Crippen LogP contribution in [0.1, 0.15) is 30.6 Å². The molecule has 5 heteroatoms. The molecule has 5 nitrogen and oxygen atoms in total. The number of ketones is 1. The minimum atomic E-state index is -0.170. The molecular weight excluding hydrogens is 272 g/mol. The van der Waals surface area contributed by atoms with Crippen LogP contribution < -0.4 is 14.2 Å². The standard InChI is InChI=1S/C16H18O5/c1-8(2)11-7-10(17)12-13(18-3)9-5-6-20-14(9)16(19-4)15(12)21-11/h5-6,8,11H,7H2,1-4H3. The lowest BCUT2D eigenvalue weighted by molar-refractivity contribution is 0.0756. The predicted molar refractivity (Wildman–Crippen MR) is 77.5 cm³/mol. The third-order valence-electron chi connectivity index (χ3n) is 3.86. The number of carbonyl (C=O) groups excluding carboxylic acids is 1. The third kappa shape index (κ3) is 1.95. The van der Waals surface area contributed by atoms with Crippen molar-refractivity contribution in [3.8, 4) is 17.2 Å². The van der Waals surface area contributed by atoms with Crippen LogP contribution in [0, 0.1) is 5.92 Å². The lowest BCUT2D eigenvalue weighted by atomic mass is 9.92. The molecule has 0 N–H and O–H groups in total. The second-order valence-corrected chi connectivity index (χ2v) is 5.46. The van der Waals surface area contributed by atoms with E-state index in [1.807, 2.05) is 13.8 Å². The van der Waals surface area contributed by atoms with Crippen LogP contribution in [0.2, 0.25) is 0 Å². The van der Waals surface area contributed by atoms with Crippen LogP contribution in [0.25, 0.3) is 11.0 Å². The van der Waals surface area contributed by atoms with Gasteiger partial charge in [-0.15, -0.1) is 0 Å². The van der Waals surface area contributed by atoms with Gasteiger partial charge in [0.2, 0.25) is 5.75 Å². The van der Waals surface area contributed by atoms with Crippen LogP contribution in [-0.2, 0) is 0 Å². The Balaban J connectivity index is 2.32. The molecule has 1 atom stereocenters. The van der Waals surface area contributed by atoms with E-state index >= 15 is 0 Å². The molecule has 112 valence electrons. The smallest absolute Gasteiger partial charge is 0.205 e. The van der Waals surface area contributed by atoms with Crippen molar-refractivity contribution in [2.45, 2.75) is 26.4 Å². The van der Waals surface area contributed by atoms with E-state index in [9.17, 15) is 4.79 Å². The molecule has 1 aromatic carbocycles. The Labute approximate surface area is 122 Å². The van der Waals surface area contributed by atoms with E-state index in [0.717, 1.165) is 0 Å². The number of fused-ring (bicyclic) bond motifs is 2. The molecule has 3 rings (SSSR count). The Hall–Kier alpha value is -2.17. The first-order valence-electron chi connectivity index (χ1n) is 6.93. The van der Waals surface area contributed by atoms with Crippen molar-refractivity contribution in [3.63, 3.8) is 0 Å². The molecule has 0 saturated carbocycles. The van der Waals surface area contributed by atoms with Crippen molar-refractivity contribution in [1.82, 2.24) is 0 Å². The van der Waals surface area contributed by atoms with Gasteiger partial charge in [-0.25, -0.2) is 0 Å². The second-order valence-electron chi connectivity index (χ2n) is 5.46. The highest BCUT2D eigenvalue weighted by Gasteiger charge is 2.36. The maximum Gasteiger partial charge on any atom is 0.205 e. The Morgan fingerprint density at radius 3 is 2.57 bits per heavy atom. The van der Waals surface area contributed by atoms with Gasteiger partial charge in [0, 0.05) is 6.42 Å². The molecule has 1 unspecified atom stereocenters. The Bertz CT molecular complexity index is 698. The number of Topliss-reactive ketones (excluding diaryl/α,β-unsaturated/α-hetero) is 1. The van der Waals surface area contributed by atoms with Gasteiger partial charge in [0.05, 0.1) is 25.9 Å². The fourth-order valence-corrected chi connectivity index (χ4v) is 2.73. The molecule has 0 bridgehead atoms. The zero-order valence-corrected chi connectivity index (χ0v) is 12.6. The first-order chi connectivity index (χ1) is 10.1. The molecule has 2 heterocycles. The molecule has 0 spiro atoms. The third-order valence-corrected chi connectivity index (χ3v) is 3.86. The van der Waals surface area contributed by atoms with Gasteiger partial charge in [0.25, 0.3) is 0 Å². The number of benzene rings is 1. The van der Waals surface area contributed by atoms with Gasteiger partial charge in [-0.1, -0.05) is 13.8 Å². The Morgan fingerprint density at radius 1 is 1.24 bits per heavy atom. The minimum absolute atomic E-state index is 0.00759. The summed E-state index contributed by atoms with van der Waals surface area (Å²) in [6.45, 7) is 4.05. The zero-order chi connectivity index (χ0) is 15.1. The summed E-state index contributed by atoms with van der Waals surface area (Å²) in [5.74, 6) is 1.59. The van der Waals surface area contributed by atoms with Crippen LogP contribution in [0.4, 0.5) is 0 Å². The first kappa shape index (κ1) is 13.8. The SMILES string of the molecule is COc1c2c(c(OC)c3occc13)OC(C(C)C)CC2=O. The minimum Gasteiger partial charge on any atom is -0.495 e. The van der Waals surface area contributed by atoms with Crippen LogP contribution in [0.15, 0.2) is 16.7 Å². The molecule has 0 fully saturated rings. The van der Waals surface area contributed by atoms with E-state index in [1.165, 1.54) is 14.2 Å². The summed E-state index contributed by atoms with van der Waals surface area (Å²) in [5.41, 5.74) is 0.977. The lowest BCUT2D eigenvalue weighted by Crippen LogP contribution is -2.31. The van der Waals surface area contributed by atoms with Crippen LogP contribution in [0.3, 0.4) is 0 Å². The summed E-state index contributed by atoms with van der Waals surface area (Å²) in [6, 6.07) is 1.76. The number of hydrogen-bond donors (Lipinski definition) is 0.